The van der Waals surface area contributed by atoms with Crippen LogP contribution in [0.1, 0.15) is 11.3 Å². The number of imidazole rings is 1. The van der Waals surface area contributed by atoms with Crippen LogP contribution in [0.4, 0.5) is 5.69 Å². The number of amides is 2. The van der Waals surface area contributed by atoms with Crippen molar-refractivity contribution in [1.29, 1.82) is 0 Å². The largest absolute Gasteiger partial charge is 0.350 e. The van der Waals surface area contributed by atoms with E-state index in [9.17, 15) is 9.59 Å². The topological polar surface area (TPSA) is 75.5 Å². The van der Waals surface area contributed by atoms with Crippen LogP contribution in [-0.4, -0.2) is 32.7 Å². The molecule has 0 aliphatic heterocycles. The Kier molecular flexibility index (Phi) is 6.52. The number of thioether (sulfide) groups is 1. The number of pyridine rings is 1. The van der Waals surface area contributed by atoms with E-state index in [0.717, 1.165) is 27.1 Å². The van der Waals surface area contributed by atoms with Gasteiger partial charge in [-0.1, -0.05) is 12.1 Å². The van der Waals surface area contributed by atoms with Crippen molar-refractivity contribution in [2.75, 3.05) is 16.8 Å². The highest BCUT2D eigenvalue weighted by atomic mass is 79.9. The Labute approximate surface area is 169 Å². The Balaban J connectivity index is 1.39. The number of rotatable bonds is 7. The van der Waals surface area contributed by atoms with E-state index in [4.69, 9.17) is 0 Å². The zero-order valence-electron chi connectivity index (χ0n) is 14.7. The Bertz CT molecular complexity index is 973. The lowest BCUT2D eigenvalue weighted by molar-refractivity contribution is -0.118. The summed E-state index contributed by atoms with van der Waals surface area (Å²) in [6, 6.07) is 11.4. The van der Waals surface area contributed by atoms with Crippen molar-refractivity contribution < 1.29 is 9.59 Å². The molecule has 0 aliphatic rings. The van der Waals surface area contributed by atoms with E-state index in [0.29, 0.717) is 6.54 Å². The maximum atomic E-state index is 12.0. The highest BCUT2D eigenvalue weighted by Gasteiger charge is 2.08. The van der Waals surface area contributed by atoms with Crippen molar-refractivity contribution >= 4 is 50.8 Å². The van der Waals surface area contributed by atoms with E-state index in [1.807, 2.05) is 60.1 Å². The molecule has 0 saturated heterocycles. The van der Waals surface area contributed by atoms with Gasteiger partial charge in [0.25, 0.3) is 0 Å². The molecule has 3 aromatic rings. The molecule has 140 valence electrons. The summed E-state index contributed by atoms with van der Waals surface area (Å²) in [5.74, 6) is 0.204. The molecule has 2 amide bonds. The van der Waals surface area contributed by atoms with E-state index >= 15 is 0 Å². The van der Waals surface area contributed by atoms with E-state index in [2.05, 4.69) is 31.5 Å². The molecule has 1 aromatic carbocycles. The minimum atomic E-state index is -0.124. The van der Waals surface area contributed by atoms with Crippen molar-refractivity contribution in [2.24, 2.45) is 0 Å². The van der Waals surface area contributed by atoms with E-state index in [1.165, 1.54) is 11.8 Å². The van der Waals surface area contributed by atoms with Gasteiger partial charge in [0, 0.05) is 22.6 Å². The molecule has 0 radical (unpaired) electrons. The van der Waals surface area contributed by atoms with Crippen LogP contribution in [0.3, 0.4) is 0 Å². The monoisotopic (exact) mass is 446 g/mol. The number of carbonyl (C=O) groups is 2. The third-order valence-corrected chi connectivity index (χ3v) is 5.10. The van der Waals surface area contributed by atoms with Gasteiger partial charge in [0.15, 0.2) is 0 Å². The summed E-state index contributed by atoms with van der Waals surface area (Å²) < 4.78 is 2.86. The van der Waals surface area contributed by atoms with E-state index in [-0.39, 0.29) is 23.3 Å². The summed E-state index contributed by atoms with van der Waals surface area (Å²) in [4.78, 5) is 28.3. The van der Waals surface area contributed by atoms with Crippen LogP contribution >= 0.6 is 27.7 Å². The second-order valence-corrected chi connectivity index (χ2v) is 7.93. The smallest absolute Gasteiger partial charge is 0.234 e. The Hall–Kier alpha value is -2.32. The molecule has 0 spiro atoms. The fourth-order valence-corrected chi connectivity index (χ4v) is 3.50. The van der Waals surface area contributed by atoms with Gasteiger partial charge >= 0.3 is 0 Å². The molecule has 2 aromatic heterocycles. The predicted octanol–water partition coefficient (Wildman–Crippen LogP) is 3.39. The average molecular weight is 447 g/mol. The van der Waals surface area contributed by atoms with Gasteiger partial charge in [-0.2, -0.15) is 0 Å². The number of carbonyl (C=O) groups excluding carboxylic acids is 2. The van der Waals surface area contributed by atoms with Gasteiger partial charge in [-0.25, -0.2) is 4.98 Å². The molecule has 0 atom stereocenters. The first-order valence-corrected chi connectivity index (χ1v) is 10.3. The van der Waals surface area contributed by atoms with Crippen LogP contribution in [0.5, 0.6) is 0 Å². The molecular formula is C19H19BrN4O2S. The van der Waals surface area contributed by atoms with Crippen molar-refractivity contribution in [2.45, 2.75) is 13.5 Å². The Morgan fingerprint density at radius 1 is 1.15 bits per heavy atom. The minimum Gasteiger partial charge on any atom is -0.350 e. The molecule has 3 rings (SSSR count). The summed E-state index contributed by atoms with van der Waals surface area (Å²) in [6.45, 7) is 2.32. The number of hydrogen-bond donors (Lipinski definition) is 2. The zero-order chi connectivity index (χ0) is 19.2. The summed E-state index contributed by atoms with van der Waals surface area (Å²) in [6.07, 6.45) is 3.79. The summed E-state index contributed by atoms with van der Waals surface area (Å²) in [5, 5.41) is 5.65. The number of nitrogens with one attached hydrogen (secondary N) is 2. The first-order valence-electron chi connectivity index (χ1n) is 8.34. The Morgan fingerprint density at radius 2 is 1.96 bits per heavy atom. The summed E-state index contributed by atoms with van der Waals surface area (Å²) in [7, 11) is 0. The number of hydrogen-bond acceptors (Lipinski definition) is 4. The second kappa shape index (κ2) is 9.05. The molecule has 0 saturated carbocycles. The van der Waals surface area contributed by atoms with Crippen LogP contribution in [0.2, 0.25) is 0 Å². The fourth-order valence-electron chi connectivity index (χ4n) is 2.50. The third-order valence-electron chi connectivity index (χ3n) is 3.70. The molecule has 0 unspecified atom stereocenters. The summed E-state index contributed by atoms with van der Waals surface area (Å²) >= 11 is 4.69. The predicted molar refractivity (Wildman–Crippen MR) is 112 cm³/mol. The molecule has 27 heavy (non-hydrogen) atoms. The fraction of sp³-hybridized carbons (Fsp3) is 0.211. The first-order chi connectivity index (χ1) is 13.0. The van der Waals surface area contributed by atoms with Gasteiger partial charge in [0.1, 0.15) is 5.65 Å². The van der Waals surface area contributed by atoms with E-state index < -0.39 is 0 Å². The maximum Gasteiger partial charge on any atom is 0.234 e. The molecule has 2 heterocycles. The lowest BCUT2D eigenvalue weighted by Gasteiger charge is -2.06. The van der Waals surface area contributed by atoms with Gasteiger partial charge in [0.05, 0.1) is 23.7 Å². The minimum absolute atomic E-state index is 0.121. The van der Waals surface area contributed by atoms with Gasteiger partial charge < -0.3 is 15.0 Å². The number of aryl methyl sites for hydroxylation is 1. The standard InChI is InChI=1S/C19H19BrN4O2S/c1-13-3-2-4-15(7-13)23-19(26)12-27-11-18(25)21-8-16-10-24-9-14(20)5-6-17(24)22-16/h2-7,9-10H,8,11-12H2,1H3,(H,21,25)(H,23,26). The molecule has 0 fully saturated rings. The number of benzene rings is 1. The van der Waals surface area contributed by atoms with Crippen LogP contribution in [0, 0.1) is 6.92 Å². The number of aromatic nitrogens is 2. The van der Waals surface area contributed by atoms with Gasteiger partial charge in [-0.05, 0) is 52.7 Å². The molecule has 2 N–H and O–H groups in total. The van der Waals surface area contributed by atoms with Gasteiger partial charge in [0.2, 0.25) is 11.8 Å². The van der Waals surface area contributed by atoms with Gasteiger partial charge in [-0.3, -0.25) is 9.59 Å². The van der Waals surface area contributed by atoms with Crippen LogP contribution < -0.4 is 10.6 Å². The number of anilines is 1. The second-order valence-electron chi connectivity index (χ2n) is 6.03. The first kappa shape index (κ1) is 19.4. The zero-order valence-corrected chi connectivity index (χ0v) is 17.1. The molecule has 0 aliphatic carbocycles. The van der Waals surface area contributed by atoms with Crippen molar-refractivity contribution in [3.05, 3.63) is 64.5 Å². The van der Waals surface area contributed by atoms with Crippen LogP contribution in [-0.2, 0) is 16.1 Å². The highest BCUT2D eigenvalue weighted by Crippen LogP contribution is 2.13. The molecular weight excluding hydrogens is 428 g/mol. The number of nitrogens with zero attached hydrogens (tertiary/aromatic N) is 2. The highest BCUT2D eigenvalue weighted by molar-refractivity contribution is 9.10. The Morgan fingerprint density at radius 3 is 2.78 bits per heavy atom. The number of halogens is 1. The average Bonchev–Trinajstić information content (AvgIpc) is 3.02. The lowest BCUT2D eigenvalue weighted by atomic mass is 10.2. The van der Waals surface area contributed by atoms with Crippen molar-refractivity contribution in [3.63, 3.8) is 0 Å². The van der Waals surface area contributed by atoms with Gasteiger partial charge in [-0.15, -0.1) is 11.8 Å². The number of fused-ring (bicyclic) bond motifs is 1. The van der Waals surface area contributed by atoms with Crippen LogP contribution in [0.15, 0.2) is 53.3 Å². The quantitative estimate of drug-likeness (QED) is 0.582. The molecule has 0 bridgehead atoms. The van der Waals surface area contributed by atoms with Crippen LogP contribution in [0.25, 0.3) is 5.65 Å². The third kappa shape index (κ3) is 5.83. The molecule has 6 nitrogen and oxygen atoms in total. The lowest BCUT2D eigenvalue weighted by Crippen LogP contribution is -2.25. The molecule has 8 heteroatoms. The summed E-state index contributed by atoms with van der Waals surface area (Å²) in [5.41, 5.74) is 3.45. The van der Waals surface area contributed by atoms with Crippen molar-refractivity contribution in [3.8, 4) is 0 Å². The van der Waals surface area contributed by atoms with E-state index in [1.54, 1.807) is 0 Å². The normalized spacial score (nSPS) is 10.7. The maximum absolute atomic E-state index is 12.0. The SMILES string of the molecule is Cc1cccc(NC(=O)CSCC(=O)NCc2cn3cc(Br)ccc3n2)c1. The van der Waals surface area contributed by atoms with Crippen molar-refractivity contribution in [1.82, 2.24) is 14.7 Å².